The van der Waals surface area contributed by atoms with Crippen molar-refractivity contribution in [3.8, 4) is 0 Å². The molecule has 0 spiro atoms. The van der Waals surface area contributed by atoms with E-state index in [0.717, 1.165) is 19.3 Å². The van der Waals surface area contributed by atoms with Crippen molar-refractivity contribution in [2.24, 2.45) is 0 Å². The fraction of sp³-hybridized carbons (Fsp3) is 0.652. The average Bonchev–Trinajstić information content (AvgIpc) is 2.73. The van der Waals surface area contributed by atoms with Gasteiger partial charge in [-0.2, -0.15) is 0 Å². The molecule has 9 heteroatoms. The van der Waals surface area contributed by atoms with Crippen LogP contribution in [0.3, 0.4) is 0 Å². The number of carbonyl (C=O) groups is 2. The molecule has 0 aliphatic heterocycles. The van der Waals surface area contributed by atoms with Crippen molar-refractivity contribution in [2.45, 2.75) is 77.6 Å². The Kier molecular flexibility index (Phi) is 18.0. The quantitative estimate of drug-likeness (QED) is 0.145. The molecule has 7 nitrogen and oxygen atoms in total. The second kappa shape index (κ2) is 18.5. The first-order chi connectivity index (χ1) is 14.8. The molecule has 0 bridgehead atoms. The van der Waals surface area contributed by atoms with E-state index in [1.165, 1.54) is 50.7 Å². The Labute approximate surface area is 214 Å². The van der Waals surface area contributed by atoms with Crippen molar-refractivity contribution in [2.75, 3.05) is 19.0 Å². The third-order valence-corrected chi connectivity index (χ3v) is 5.66. The molecule has 1 aromatic rings. The minimum absolute atomic E-state index is 0. The van der Waals surface area contributed by atoms with Crippen LogP contribution in [-0.4, -0.2) is 43.9 Å². The molecule has 0 N–H and O–H groups in total. The van der Waals surface area contributed by atoms with Gasteiger partial charge in [0, 0.05) is 5.75 Å². The molecule has 0 radical (unpaired) electrons. The van der Waals surface area contributed by atoms with E-state index in [0.29, 0.717) is 6.61 Å². The number of unbranched alkanes of at least 4 members (excludes halogenated alkanes) is 9. The van der Waals surface area contributed by atoms with E-state index in [1.807, 2.05) is 0 Å². The molecular formula is C23H35NaO7S. The Morgan fingerprint density at radius 3 is 1.59 bits per heavy atom. The monoisotopic (exact) mass is 478 g/mol. The Morgan fingerprint density at radius 1 is 0.750 bits per heavy atom. The van der Waals surface area contributed by atoms with Crippen LogP contribution < -0.4 is 29.6 Å². The van der Waals surface area contributed by atoms with Crippen LogP contribution in [0.15, 0.2) is 24.3 Å². The predicted octanol–water partition coefficient (Wildman–Crippen LogP) is 1.86. The summed E-state index contributed by atoms with van der Waals surface area (Å²) in [6, 6.07) is 6.27. The summed E-state index contributed by atoms with van der Waals surface area (Å²) < 4.78 is 42.1. The van der Waals surface area contributed by atoms with Crippen LogP contribution in [0.4, 0.5) is 0 Å². The molecule has 0 aliphatic rings. The van der Waals surface area contributed by atoms with Gasteiger partial charge in [0.05, 0.1) is 34.5 Å². The molecule has 1 aromatic carbocycles. The summed E-state index contributed by atoms with van der Waals surface area (Å²) in [7, 11) is -4.27. The Bertz CT molecular complexity index is 765. The van der Waals surface area contributed by atoms with Gasteiger partial charge in [0.25, 0.3) is 0 Å². The number of benzene rings is 1. The minimum atomic E-state index is -4.27. The molecule has 0 saturated heterocycles. The van der Waals surface area contributed by atoms with E-state index >= 15 is 0 Å². The van der Waals surface area contributed by atoms with Crippen molar-refractivity contribution >= 4 is 22.1 Å². The van der Waals surface area contributed by atoms with Gasteiger partial charge < -0.3 is 14.0 Å². The summed E-state index contributed by atoms with van der Waals surface area (Å²) in [4.78, 5) is 24.6. The Hall–Kier alpha value is -0.930. The van der Waals surface area contributed by atoms with Gasteiger partial charge in [0.2, 0.25) is 0 Å². The number of rotatable bonds is 17. The van der Waals surface area contributed by atoms with Crippen LogP contribution in [0.5, 0.6) is 0 Å². The predicted molar refractivity (Wildman–Crippen MR) is 118 cm³/mol. The van der Waals surface area contributed by atoms with Gasteiger partial charge in [-0.05, 0) is 31.4 Å². The number of hydrogen-bond acceptors (Lipinski definition) is 7. The summed E-state index contributed by atoms with van der Waals surface area (Å²) in [6.07, 6.45) is 10.9. The van der Waals surface area contributed by atoms with Crippen LogP contribution in [-0.2, 0) is 19.6 Å². The van der Waals surface area contributed by atoms with E-state index < -0.39 is 27.8 Å². The maximum absolute atomic E-state index is 12.4. The van der Waals surface area contributed by atoms with Crippen molar-refractivity contribution in [1.29, 1.82) is 0 Å². The van der Waals surface area contributed by atoms with Gasteiger partial charge in [-0.3, -0.25) is 0 Å². The van der Waals surface area contributed by atoms with E-state index in [-0.39, 0.29) is 60.1 Å². The molecule has 0 atom stereocenters. The molecule has 0 amide bonds. The van der Waals surface area contributed by atoms with E-state index in [2.05, 4.69) is 6.92 Å². The van der Waals surface area contributed by atoms with Crippen molar-refractivity contribution in [3.63, 3.8) is 0 Å². The van der Waals surface area contributed by atoms with Gasteiger partial charge in [-0.15, -0.1) is 0 Å². The maximum atomic E-state index is 12.4. The van der Waals surface area contributed by atoms with Gasteiger partial charge in [0.1, 0.15) is 0 Å². The van der Waals surface area contributed by atoms with Crippen LogP contribution in [0.25, 0.3) is 0 Å². The maximum Gasteiger partial charge on any atom is 1.00 e. The second-order valence-electron chi connectivity index (χ2n) is 7.61. The van der Waals surface area contributed by atoms with Crippen LogP contribution in [0.1, 0.15) is 98.3 Å². The number of ether oxygens (including phenoxy) is 2. The number of esters is 2. The van der Waals surface area contributed by atoms with E-state index in [4.69, 9.17) is 9.47 Å². The average molecular weight is 479 g/mol. The SMILES string of the molecule is CCCCCCCCCCCOC(=O)c1ccccc1C(=O)OCCCCS(=O)(=O)[O-].[Na+]. The summed E-state index contributed by atoms with van der Waals surface area (Å²) in [6.45, 7) is 2.48. The van der Waals surface area contributed by atoms with Crippen LogP contribution in [0, 0.1) is 0 Å². The first-order valence-electron chi connectivity index (χ1n) is 11.2. The molecular weight excluding hydrogens is 443 g/mol. The molecule has 0 aromatic heterocycles. The molecule has 0 aliphatic carbocycles. The molecule has 0 fully saturated rings. The summed E-state index contributed by atoms with van der Waals surface area (Å²) >= 11 is 0. The standard InChI is InChI=1S/C23H36O7S.Na/c1-2-3-4-5-6-7-8-9-12-17-29-22(24)20-15-10-11-16-21(20)23(25)30-18-13-14-19-31(26,27)28;/h10-11,15-16H,2-9,12-14,17-19H2,1H3,(H,26,27,28);/q;+1/p-1. The van der Waals surface area contributed by atoms with Crippen LogP contribution >= 0.6 is 0 Å². The van der Waals surface area contributed by atoms with Crippen LogP contribution in [0.2, 0.25) is 0 Å². The fourth-order valence-electron chi connectivity index (χ4n) is 3.12. The summed E-state index contributed by atoms with van der Waals surface area (Å²) in [5, 5.41) is 0. The Morgan fingerprint density at radius 2 is 1.16 bits per heavy atom. The number of carbonyl (C=O) groups excluding carboxylic acids is 2. The largest absolute Gasteiger partial charge is 1.00 e. The molecule has 1 rings (SSSR count). The van der Waals surface area contributed by atoms with Crippen molar-refractivity contribution in [3.05, 3.63) is 35.4 Å². The molecule has 176 valence electrons. The van der Waals surface area contributed by atoms with Crippen molar-refractivity contribution < 1.29 is 61.6 Å². The van der Waals surface area contributed by atoms with Gasteiger partial charge in [-0.25, -0.2) is 18.0 Å². The molecule has 0 unspecified atom stereocenters. The zero-order chi connectivity index (χ0) is 23.0. The smallest absolute Gasteiger partial charge is 0.748 e. The van der Waals surface area contributed by atoms with Gasteiger partial charge >= 0.3 is 41.5 Å². The van der Waals surface area contributed by atoms with Gasteiger partial charge in [0.15, 0.2) is 0 Å². The second-order valence-corrected chi connectivity index (χ2v) is 9.14. The van der Waals surface area contributed by atoms with E-state index in [1.54, 1.807) is 12.1 Å². The first kappa shape index (κ1) is 31.1. The molecule has 0 saturated carbocycles. The summed E-state index contributed by atoms with van der Waals surface area (Å²) in [5.41, 5.74) is 0.251. The third-order valence-electron chi connectivity index (χ3n) is 4.87. The zero-order valence-corrected chi connectivity index (χ0v) is 22.3. The normalized spacial score (nSPS) is 10.9. The van der Waals surface area contributed by atoms with Gasteiger partial charge in [-0.1, -0.05) is 70.4 Å². The topological polar surface area (TPSA) is 110 Å². The number of hydrogen-bond donors (Lipinski definition) is 0. The first-order valence-corrected chi connectivity index (χ1v) is 12.8. The summed E-state index contributed by atoms with van der Waals surface area (Å²) in [5.74, 6) is -1.74. The van der Waals surface area contributed by atoms with Crippen molar-refractivity contribution in [1.82, 2.24) is 0 Å². The molecule has 0 heterocycles. The molecule has 32 heavy (non-hydrogen) atoms. The fourth-order valence-corrected chi connectivity index (χ4v) is 3.68. The minimum Gasteiger partial charge on any atom is -0.748 e. The Balaban J connectivity index is 0.00000961. The third kappa shape index (κ3) is 15.0. The van der Waals surface area contributed by atoms with E-state index in [9.17, 15) is 22.6 Å². The zero-order valence-electron chi connectivity index (χ0n) is 19.5.